The molecule has 0 saturated carbocycles. The number of carbonyl (C=O) groups excluding carboxylic acids is 1. The van der Waals surface area contributed by atoms with Crippen molar-refractivity contribution in [3.63, 3.8) is 0 Å². The topological polar surface area (TPSA) is 84.7 Å². The molecule has 3 aromatic heterocycles. The van der Waals surface area contributed by atoms with Crippen molar-refractivity contribution in [1.29, 1.82) is 0 Å². The third-order valence-corrected chi connectivity index (χ3v) is 3.99. The van der Waals surface area contributed by atoms with Gasteiger partial charge in [0.25, 0.3) is 0 Å². The smallest absolute Gasteiger partial charge is 0.241 e. The van der Waals surface area contributed by atoms with Crippen LogP contribution in [0.15, 0.2) is 55.0 Å². The summed E-state index contributed by atoms with van der Waals surface area (Å²) >= 11 is 0. The molecule has 122 valence electrons. The number of hydrogen-bond donors (Lipinski definition) is 2. The zero-order valence-electron chi connectivity index (χ0n) is 13.0. The zero-order chi connectivity index (χ0) is 17.4. The molecule has 1 aromatic carbocycles. The second-order valence-corrected chi connectivity index (χ2v) is 5.64. The summed E-state index contributed by atoms with van der Waals surface area (Å²) in [5.41, 5.74) is 8.68. The highest BCUT2D eigenvalue weighted by Gasteiger charge is 2.08. The summed E-state index contributed by atoms with van der Waals surface area (Å²) in [5, 5.41) is 1.58. The van der Waals surface area contributed by atoms with E-state index >= 15 is 0 Å². The van der Waals surface area contributed by atoms with E-state index in [1.165, 1.54) is 12.1 Å². The normalized spacial score (nSPS) is 11.6. The third kappa shape index (κ3) is 2.74. The van der Waals surface area contributed by atoms with E-state index in [4.69, 9.17) is 5.73 Å². The van der Waals surface area contributed by atoms with Gasteiger partial charge in [0.2, 0.25) is 5.91 Å². The lowest BCUT2D eigenvalue weighted by Gasteiger charge is -2.04. The molecule has 0 unspecified atom stereocenters. The van der Waals surface area contributed by atoms with Crippen molar-refractivity contribution in [2.75, 3.05) is 0 Å². The minimum absolute atomic E-state index is 0.340. The summed E-state index contributed by atoms with van der Waals surface area (Å²) < 4.78 is 13.8. The number of halogens is 1. The Hall–Kier alpha value is -3.54. The van der Waals surface area contributed by atoms with Crippen molar-refractivity contribution < 1.29 is 9.18 Å². The number of nitrogens with one attached hydrogen (secondary N) is 1. The molecule has 3 heterocycles. The first kappa shape index (κ1) is 15.0. The van der Waals surface area contributed by atoms with Gasteiger partial charge in [0.1, 0.15) is 17.0 Å². The number of hydrogen-bond acceptors (Lipinski definition) is 3. The average molecular weight is 332 g/mol. The van der Waals surface area contributed by atoms with Gasteiger partial charge in [-0.05, 0) is 24.3 Å². The van der Waals surface area contributed by atoms with Gasteiger partial charge in [-0.3, -0.25) is 9.78 Å². The molecule has 0 aliphatic carbocycles. The molecular weight excluding hydrogens is 319 g/mol. The molecule has 0 saturated heterocycles. The number of amides is 1. The quantitative estimate of drug-likeness (QED) is 0.564. The monoisotopic (exact) mass is 332 g/mol. The number of aromatic amines is 1. The van der Waals surface area contributed by atoms with E-state index in [1.807, 2.05) is 18.2 Å². The first-order valence-corrected chi connectivity index (χ1v) is 7.61. The average Bonchev–Trinajstić information content (AvgIpc) is 3.02. The zero-order valence-corrected chi connectivity index (χ0v) is 13.0. The van der Waals surface area contributed by atoms with Crippen LogP contribution in [0, 0.1) is 5.82 Å². The van der Waals surface area contributed by atoms with Crippen molar-refractivity contribution in [2.45, 2.75) is 0 Å². The van der Waals surface area contributed by atoms with E-state index < -0.39 is 5.91 Å². The van der Waals surface area contributed by atoms with Crippen LogP contribution in [0.25, 0.3) is 39.1 Å². The van der Waals surface area contributed by atoms with Crippen LogP contribution >= 0.6 is 0 Å². The molecule has 0 radical (unpaired) electrons. The van der Waals surface area contributed by atoms with E-state index in [0.717, 1.165) is 27.5 Å². The number of aromatic nitrogens is 3. The number of benzene rings is 1. The lowest BCUT2D eigenvalue weighted by Crippen LogP contribution is -2.04. The van der Waals surface area contributed by atoms with Crippen molar-refractivity contribution in [3.8, 4) is 11.1 Å². The SMILES string of the molecule is NC(=O)/C=C/c1c[nH]c2ncc(-c3cnc4c(F)cccc4c3)cc12. The van der Waals surface area contributed by atoms with Crippen molar-refractivity contribution >= 4 is 33.9 Å². The van der Waals surface area contributed by atoms with Crippen molar-refractivity contribution in [2.24, 2.45) is 5.73 Å². The molecule has 0 spiro atoms. The highest BCUT2D eigenvalue weighted by molar-refractivity contribution is 5.96. The summed E-state index contributed by atoms with van der Waals surface area (Å²) in [7, 11) is 0. The molecule has 0 aliphatic heterocycles. The molecule has 3 N–H and O–H groups in total. The number of carbonyl (C=O) groups is 1. The van der Waals surface area contributed by atoms with E-state index in [1.54, 1.807) is 30.7 Å². The first-order chi connectivity index (χ1) is 12.1. The van der Waals surface area contributed by atoms with Gasteiger partial charge in [-0.15, -0.1) is 0 Å². The Morgan fingerprint density at radius 2 is 1.96 bits per heavy atom. The van der Waals surface area contributed by atoms with Gasteiger partial charge in [-0.1, -0.05) is 12.1 Å². The molecule has 5 nitrogen and oxygen atoms in total. The Morgan fingerprint density at radius 1 is 1.16 bits per heavy atom. The molecule has 1 amide bonds. The fraction of sp³-hybridized carbons (Fsp3) is 0. The summed E-state index contributed by atoms with van der Waals surface area (Å²) in [6, 6.07) is 8.68. The van der Waals surface area contributed by atoms with Crippen LogP contribution in [0.2, 0.25) is 0 Å². The van der Waals surface area contributed by atoms with Gasteiger partial charge in [0.15, 0.2) is 0 Å². The highest BCUT2D eigenvalue weighted by Crippen LogP contribution is 2.27. The fourth-order valence-corrected chi connectivity index (χ4v) is 2.77. The molecule has 25 heavy (non-hydrogen) atoms. The molecule has 0 atom stereocenters. The maximum atomic E-state index is 13.8. The van der Waals surface area contributed by atoms with Crippen LogP contribution in [-0.2, 0) is 4.79 Å². The van der Waals surface area contributed by atoms with Crippen molar-refractivity contribution in [1.82, 2.24) is 15.0 Å². The lowest BCUT2D eigenvalue weighted by molar-refractivity contribution is -0.113. The Bertz CT molecular complexity index is 1150. The summed E-state index contributed by atoms with van der Waals surface area (Å²) in [6.07, 6.45) is 8.05. The standard InChI is InChI=1S/C19H13FN4O/c20-16-3-1-2-11-6-13(9-22-18(11)16)14-7-15-12(4-5-17(21)25)8-23-19(15)24-10-14/h1-10H,(H2,21,25)(H,23,24)/b5-4+. The maximum Gasteiger partial charge on any atom is 0.241 e. The first-order valence-electron chi connectivity index (χ1n) is 7.61. The Kier molecular flexibility index (Phi) is 3.50. The maximum absolute atomic E-state index is 13.8. The molecule has 0 aliphatic rings. The number of pyridine rings is 2. The summed E-state index contributed by atoms with van der Waals surface area (Å²) in [6.45, 7) is 0. The number of primary amides is 1. The summed E-state index contributed by atoms with van der Waals surface area (Å²) in [4.78, 5) is 22.6. The number of H-pyrrole nitrogens is 1. The molecule has 4 rings (SSSR count). The van der Waals surface area contributed by atoms with Gasteiger partial charge in [-0.25, -0.2) is 9.37 Å². The van der Waals surface area contributed by atoms with Gasteiger partial charge in [0, 0.05) is 52.1 Å². The Morgan fingerprint density at radius 3 is 2.80 bits per heavy atom. The second kappa shape index (κ2) is 5.83. The minimum Gasteiger partial charge on any atom is -0.366 e. The van der Waals surface area contributed by atoms with E-state index in [9.17, 15) is 9.18 Å². The second-order valence-electron chi connectivity index (χ2n) is 5.64. The van der Waals surface area contributed by atoms with Gasteiger partial charge in [-0.2, -0.15) is 0 Å². The van der Waals surface area contributed by atoms with Crippen molar-refractivity contribution in [3.05, 3.63) is 66.4 Å². The molecule has 0 fully saturated rings. The van der Waals surface area contributed by atoms with Crippen LogP contribution in [0.5, 0.6) is 0 Å². The fourth-order valence-electron chi connectivity index (χ4n) is 2.77. The van der Waals surface area contributed by atoms with Gasteiger partial charge in [0.05, 0.1) is 0 Å². The van der Waals surface area contributed by atoms with Crippen LogP contribution in [0.4, 0.5) is 4.39 Å². The minimum atomic E-state index is -0.515. The molecule has 0 bridgehead atoms. The number of nitrogens with two attached hydrogens (primary N) is 1. The number of fused-ring (bicyclic) bond motifs is 2. The van der Waals surface area contributed by atoms with Crippen LogP contribution < -0.4 is 5.73 Å². The lowest BCUT2D eigenvalue weighted by atomic mass is 10.0. The van der Waals surface area contributed by atoms with E-state index in [2.05, 4.69) is 15.0 Å². The number of para-hydroxylation sites is 1. The number of rotatable bonds is 3. The van der Waals surface area contributed by atoms with E-state index in [-0.39, 0.29) is 5.82 Å². The Labute approximate surface area is 142 Å². The largest absolute Gasteiger partial charge is 0.366 e. The number of nitrogens with zero attached hydrogens (tertiary/aromatic N) is 2. The van der Waals surface area contributed by atoms with Crippen LogP contribution in [-0.4, -0.2) is 20.9 Å². The van der Waals surface area contributed by atoms with Crippen LogP contribution in [0.3, 0.4) is 0 Å². The third-order valence-electron chi connectivity index (χ3n) is 3.99. The highest BCUT2D eigenvalue weighted by atomic mass is 19.1. The van der Waals surface area contributed by atoms with Gasteiger partial charge < -0.3 is 10.7 Å². The molecule has 6 heteroatoms. The summed E-state index contributed by atoms with van der Waals surface area (Å²) in [5.74, 6) is -0.860. The van der Waals surface area contributed by atoms with E-state index in [0.29, 0.717) is 11.2 Å². The van der Waals surface area contributed by atoms with Crippen LogP contribution in [0.1, 0.15) is 5.56 Å². The van der Waals surface area contributed by atoms with Gasteiger partial charge >= 0.3 is 0 Å². The molecule has 4 aromatic rings. The molecular formula is C19H13FN4O. The Balaban J connectivity index is 1.84. The predicted molar refractivity (Wildman–Crippen MR) is 95.0 cm³/mol. The predicted octanol–water partition coefficient (Wildman–Crippen LogP) is 3.42.